The van der Waals surface area contributed by atoms with Gasteiger partial charge in [0.15, 0.2) is 6.23 Å². The summed E-state index contributed by atoms with van der Waals surface area (Å²) in [6.07, 6.45) is -1.91. The van der Waals surface area contributed by atoms with Crippen LogP contribution < -0.4 is 10.9 Å². The molecule has 1 aliphatic heterocycles. The van der Waals surface area contributed by atoms with E-state index in [9.17, 15) is 20.1 Å². The van der Waals surface area contributed by atoms with Gasteiger partial charge in [-0.25, -0.2) is 5.43 Å². The summed E-state index contributed by atoms with van der Waals surface area (Å²) in [7, 11) is 0. The molecule has 104 valence electrons. The third-order valence-corrected chi connectivity index (χ3v) is 2.75. The number of hydrazine groups is 1. The molecule has 19 heavy (non-hydrogen) atoms. The minimum atomic E-state index is -1.35. The average molecular weight is 269 g/mol. The van der Waals surface area contributed by atoms with Gasteiger partial charge in [0.05, 0.1) is 12.2 Å². The monoisotopic (exact) mass is 269 g/mol. The van der Waals surface area contributed by atoms with Gasteiger partial charge < -0.3 is 20.1 Å². The lowest BCUT2D eigenvalue weighted by molar-refractivity contribution is -0.197. The molecule has 2 heterocycles. The third-order valence-electron chi connectivity index (χ3n) is 2.75. The van der Waals surface area contributed by atoms with Crippen LogP contribution in [0.2, 0.25) is 0 Å². The van der Waals surface area contributed by atoms with E-state index in [1.54, 1.807) is 12.1 Å². The van der Waals surface area contributed by atoms with E-state index < -0.39 is 30.4 Å². The van der Waals surface area contributed by atoms with Crippen molar-refractivity contribution in [2.75, 3.05) is 6.61 Å². The fraction of sp³-hybridized carbons (Fsp3) is 0.455. The van der Waals surface area contributed by atoms with Gasteiger partial charge in [0.25, 0.3) is 5.91 Å². The highest BCUT2D eigenvalue weighted by atomic mass is 16.5. The molecule has 0 spiro atoms. The quantitative estimate of drug-likeness (QED) is 0.393. The Morgan fingerprint density at radius 2 is 2.16 bits per heavy atom. The smallest absolute Gasteiger partial charge is 0.267 e. The zero-order valence-electron chi connectivity index (χ0n) is 9.93. The molecule has 0 bridgehead atoms. The van der Waals surface area contributed by atoms with E-state index in [0.29, 0.717) is 5.56 Å². The number of hydrogen-bond acceptors (Lipinski definition) is 7. The van der Waals surface area contributed by atoms with Crippen LogP contribution >= 0.6 is 0 Å². The van der Waals surface area contributed by atoms with Crippen molar-refractivity contribution in [1.29, 1.82) is 0 Å². The standard InChI is InChI=1S/C11H15N3O5/c15-7-5-19-11(9(17)8(7)16)14-13-10(18)6-2-1-3-12-4-6/h1-4,7-9,11,14-17H,5H2,(H,13,18). The summed E-state index contributed by atoms with van der Waals surface area (Å²) in [6.45, 7) is -0.140. The molecule has 1 aromatic rings. The number of nitrogens with one attached hydrogen (secondary N) is 2. The molecule has 1 fully saturated rings. The number of carbonyl (C=O) groups excluding carboxylic acids is 1. The van der Waals surface area contributed by atoms with Crippen molar-refractivity contribution in [3.8, 4) is 0 Å². The summed E-state index contributed by atoms with van der Waals surface area (Å²) in [5, 5.41) is 28.3. The molecule has 4 unspecified atom stereocenters. The molecule has 1 amide bonds. The Labute approximate surface area is 109 Å². The van der Waals surface area contributed by atoms with Crippen LogP contribution in [0.5, 0.6) is 0 Å². The normalized spacial score (nSPS) is 30.9. The maximum atomic E-state index is 11.7. The molecule has 0 radical (unpaired) electrons. The highest BCUT2D eigenvalue weighted by Gasteiger charge is 2.37. The third kappa shape index (κ3) is 3.25. The number of hydrogen-bond donors (Lipinski definition) is 5. The molecule has 1 saturated heterocycles. The Bertz CT molecular complexity index is 430. The van der Waals surface area contributed by atoms with Gasteiger partial charge in [-0.2, -0.15) is 0 Å². The predicted molar refractivity (Wildman–Crippen MR) is 62.6 cm³/mol. The fourth-order valence-electron chi connectivity index (χ4n) is 1.64. The molecule has 1 aliphatic rings. The van der Waals surface area contributed by atoms with Crippen LogP contribution in [0, 0.1) is 0 Å². The van der Waals surface area contributed by atoms with Gasteiger partial charge >= 0.3 is 0 Å². The van der Waals surface area contributed by atoms with Crippen LogP contribution in [0.3, 0.4) is 0 Å². The lowest BCUT2D eigenvalue weighted by Crippen LogP contribution is -2.61. The van der Waals surface area contributed by atoms with Gasteiger partial charge in [0, 0.05) is 12.4 Å². The number of rotatable bonds is 3. The lowest BCUT2D eigenvalue weighted by atomic mass is 10.1. The average Bonchev–Trinajstić information content (AvgIpc) is 2.45. The predicted octanol–water partition coefficient (Wildman–Crippen LogP) is -2.24. The highest BCUT2D eigenvalue weighted by Crippen LogP contribution is 2.13. The second kappa shape index (κ2) is 6.04. The van der Waals surface area contributed by atoms with Gasteiger partial charge in [-0.3, -0.25) is 15.2 Å². The first-order valence-corrected chi connectivity index (χ1v) is 5.71. The Hall–Kier alpha value is -1.58. The van der Waals surface area contributed by atoms with Gasteiger partial charge in [-0.1, -0.05) is 0 Å². The van der Waals surface area contributed by atoms with E-state index >= 15 is 0 Å². The highest BCUT2D eigenvalue weighted by molar-refractivity contribution is 5.93. The zero-order valence-corrected chi connectivity index (χ0v) is 9.93. The Morgan fingerprint density at radius 1 is 1.37 bits per heavy atom. The summed E-state index contributed by atoms with van der Waals surface area (Å²) in [4.78, 5) is 15.5. The molecule has 5 N–H and O–H groups in total. The molecule has 0 saturated carbocycles. The molecule has 4 atom stereocenters. The van der Waals surface area contributed by atoms with E-state index in [4.69, 9.17) is 4.74 Å². The Morgan fingerprint density at radius 3 is 2.84 bits per heavy atom. The van der Waals surface area contributed by atoms with Crippen molar-refractivity contribution in [2.45, 2.75) is 24.5 Å². The van der Waals surface area contributed by atoms with Crippen LogP contribution in [-0.4, -0.2) is 57.4 Å². The minimum Gasteiger partial charge on any atom is -0.388 e. The molecular weight excluding hydrogens is 254 g/mol. The van der Waals surface area contributed by atoms with Crippen LogP contribution in [0.4, 0.5) is 0 Å². The van der Waals surface area contributed by atoms with Crippen molar-refractivity contribution in [1.82, 2.24) is 15.8 Å². The second-order valence-electron chi connectivity index (χ2n) is 4.14. The molecule has 2 rings (SSSR count). The maximum Gasteiger partial charge on any atom is 0.267 e. The molecule has 0 aliphatic carbocycles. The van der Waals surface area contributed by atoms with E-state index in [-0.39, 0.29) is 6.61 Å². The zero-order chi connectivity index (χ0) is 13.8. The number of nitrogens with zero attached hydrogens (tertiary/aromatic N) is 1. The van der Waals surface area contributed by atoms with E-state index in [2.05, 4.69) is 15.8 Å². The number of aliphatic hydroxyl groups excluding tert-OH is 3. The first kappa shape index (κ1) is 13.8. The summed E-state index contributed by atoms with van der Waals surface area (Å²) in [6, 6.07) is 3.18. The molecule has 1 aromatic heterocycles. The fourth-order valence-corrected chi connectivity index (χ4v) is 1.64. The topological polar surface area (TPSA) is 124 Å². The summed E-state index contributed by atoms with van der Waals surface area (Å²) in [5.74, 6) is -0.454. The van der Waals surface area contributed by atoms with E-state index in [1.165, 1.54) is 12.4 Å². The van der Waals surface area contributed by atoms with Crippen LogP contribution in [-0.2, 0) is 4.74 Å². The Kier molecular flexibility index (Phi) is 4.40. The number of pyridine rings is 1. The maximum absolute atomic E-state index is 11.7. The number of ether oxygens (including phenoxy) is 1. The summed E-state index contributed by atoms with van der Waals surface area (Å²) in [5.41, 5.74) is 5.11. The molecule has 0 aromatic carbocycles. The van der Waals surface area contributed by atoms with Crippen LogP contribution in [0.1, 0.15) is 10.4 Å². The minimum absolute atomic E-state index is 0.140. The number of aromatic nitrogens is 1. The lowest BCUT2D eigenvalue weighted by Gasteiger charge is -2.35. The van der Waals surface area contributed by atoms with Crippen LogP contribution in [0.25, 0.3) is 0 Å². The van der Waals surface area contributed by atoms with E-state index in [1.807, 2.05) is 0 Å². The van der Waals surface area contributed by atoms with Crippen molar-refractivity contribution in [3.05, 3.63) is 30.1 Å². The number of aliphatic hydroxyl groups is 3. The molecule has 8 nitrogen and oxygen atoms in total. The largest absolute Gasteiger partial charge is 0.388 e. The van der Waals surface area contributed by atoms with Gasteiger partial charge in [0.2, 0.25) is 0 Å². The van der Waals surface area contributed by atoms with Crippen LogP contribution in [0.15, 0.2) is 24.5 Å². The first-order chi connectivity index (χ1) is 9.09. The number of amides is 1. The first-order valence-electron chi connectivity index (χ1n) is 5.71. The van der Waals surface area contributed by atoms with E-state index in [0.717, 1.165) is 0 Å². The van der Waals surface area contributed by atoms with Crippen molar-refractivity contribution in [3.63, 3.8) is 0 Å². The molecular formula is C11H15N3O5. The summed E-state index contributed by atoms with van der Waals surface area (Å²) < 4.78 is 5.06. The molecule has 8 heteroatoms. The van der Waals surface area contributed by atoms with Crippen molar-refractivity contribution < 1.29 is 24.9 Å². The van der Waals surface area contributed by atoms with Gasteiger partial charge in [-0.05, 0) is 12.1 Å². The van der Waals surface area contributed by atoms with Crippen molar-refractivity contribution >= 4 is 5.91 Å². The number of carbonyl (C=O) groups is 1. The van der Waals surface area contributed by atoms with Gasteiger partial charge in [0.1, 0.15) is 18.3 Å². The Balaban J connectivity index is 1.87. The second-order valence-corrected chi connectivity index (χ2v) is 4.14. The van der Waals surface area contributed by atoms with Crippen molar-refractivity contribution in [2.24, 2.45) is 0 Å². The SMILES string of the molecule is O=C(NNC1OCC(O)C(O)C1O)c1cccnc1. The van der Waals surface area contributed by atoms with Gasteiger partial charge in [-0.15, -0.1) is 0 Å². The summed E-state index contributed by atoms with van der Waals surface area (Å²) >= 11 is 0.